The Balaban J connectivity index is 4.25. The summed E-state index contributed by atoms with van der Waals surface area (Å²) in [5, 5.41) is 10.9. The Morgan fingerprint density at radius 3 is 2.00 bits per heavy atom. The summed E-state index contributed by atoms with van der Waals surface area (Å²) in [6, 6.07) is 0. The average molecular weight is 173 g/mol. The predicted molar refractivity (Wildman–Crippen MR) is 46.5 cm³/mol. The van der Waals surface area contributed by atoms with Crippen LogP contribution in [0.2, 0.25) is 0 Å². The molecule has 12 heavy (non-hydrogen) atoms. The molecule has 0 aromatic rings. The lowest BCUT2D eigenvalue weighted by Gasteiger charge is -2.35. The van der Waals surface area contributed by atoms with E-state index in [1.165, 1.54) is 0 Å². The molecule has 72 valence electrons. The second kappa shape index (κ2) is 5.14. The van der Waals surface area contributed by atoms with Gasteiger partial charge in [-0.3, -0.25) is 4.48 Å². The van der Waals surface area contributed by atoms with Crippen molar-refractivity contribution in [3.8, 4) is 0 Å². The van der Waals surface area contributed by atoms with Gasteiger partial charge in [-0.2, -0.15) is 0 Å². The number of hydrogen-bond donors (Lipinski definition) is 0. The Labute approximate surface area is 74.6 Å². The first-order chi connectivity index (χ1) is 5.63. The van der Waals surface area contributed by atoms with Gasteiger partial charge in [-0.05, 0) is 20.3 Å². The van der Waals surface area contributed by atoms with E-state index in [0.29, 0.717) is 19.6 Å². The Morgan fingerprint density at radius 1 is 1.25 bits per heavy atom. The minimum absolute atomic E-state index is 0.105. The van der Waals surface area contributed by atoms with E-state index in [-0.39, 0.29) is 4.48 Å². The molecule has 3 heteroatoms. The van der Waals surface area contributed by atoms with Crippen LogP contribution in [0, 0.1) is 0 Å². The van der Waals surface area contributed by atoms with Gasteiger partial charge in [0, 0.05) is 0 Å². The van der Waals surface area contributed by atoms with Crippen molar-refractivity contribution in [1.82, 2.24) is 0 Å². The zero-order valence-electron chi connectivity index (χ0n) is 8.30. The minimum Gasteiger partial charge on any atom is -0.498 e. The SMILES string of the molecule is CCCC[N+](CC)(CC)C(=O)[O-]. The van der Waals surface area contributed by atoms with E-state index in [4.69, 9.17) is 0 Å². The molecule has 0 aromatic heterocycles. The summed E-state index contributed by atoms with van der Waals surface area (Å²) in [5.74, 6) is 0. The highest BCUT2D eigenvalue weighted by Gasteiger charge is 2.24. The average Bonchev–Trinajstić information content (AvgIpc) is 2.07. The third kappa shape index (κ3) is 2.48. The predicted octanol–water partition coefficient (Wildman–Crippen LogP) is 0.986. The molecular weight excluding hydrogens is 154 g/mol. The molecule has 0 rings (SSSR count). The largest absolute Gasteiger partial charge is 0.498 e. The van der Waals surface area contributed by atoms with Gasteiger partial charge in [-0.1, -0.05) is 13.3 Å². The van der Waals surface area contributed by atoms with E-state index in [2.05, 4.69) is 6.92 Å². The molecule has 0 fully saturated rings. The quantitative estimate of drug-likeness (QED) is 0.582. The van der Waals surface area contributed by atoms with E-state index >= 15 is 0 Å². The zero-order valence-corrected chi connectivity index (χ0v) is 8.30. The molecule has 0 spiro atoms. The molecule has 0 aliphatic rings. The second-order valence-corrected chi connectivity index (χ2v) is 3.12. The number of hydrogen-bond acceptors (Lipinski definition) is 2. The third-order valence-electron chi connectivity index (χ3n) is 2.54. The van der Waals surface area contributed by atoms with Gasteiger partial charge < -0.3 is 9.90 Å². The number of carbonyl (C=O) groups excluding carboxylic acids is 1. The summed E-state index contributed by atoms with van der Waals surface area (Å²) in [6.45, 7) is 7.81. The second-order valence-electron chi connectivity index (χ2n) is 3.12. The molecule has 0 aliphatic carbocycles. The fraction of sp³-hybridized carbons (Fsp3) is 0.889. The van der Waals surface area contributed by atoms with Crippen LogP contribution in [0.25, 0.3) is 0 Å². The summed E-state index contributed by atoms with van der Waals surface area (Å²) in [6.07, 6.45) is 1.05. The van der Waals surface area contributed by atoms with Crippen LogP contribution in [0.15, 0.2) is 0 Å². The van der Waals surface area contributed by atoms with Crippen LogP contribution in [0.4, 0.5) is 4.79 Å². The summed E-state index contributed by atoms with van der Waals surface area (Å²) in [5.41, 5.74) is 0. The first kappa shape index (κ1) is 11.4. The van der Waals surface area contributed by atoms with Gasteiger partial charge in [0.2, 0.25) is 0 Å². The van der Waals surface area contributed by atoms with Crippen LogP contribution >= 0.6 is 0 Å². The number of carboxylic acid groups (broad SMARTS) is 1. The molecule has 0 N–H and O–H groups in total. The van der Waals surface area contributed by atoms with E-state index in [1.54, 1.807) is 0 Å². The highest BCUT2D eigenvalue weighted by atomic mass is 16.4. The normalized spacial score (nSPS) is 11.6. The molecular formula is C9H19NO2. The zero-order chi connectivity index (χ0) is 9.61. The molecule has 0 saturated heterocycles. The summed E-state index contributed by atoms with van der Waals surface area (Å²) in [7, 11) is 0. The van der Waals surface area contributed by atoms with Crippen LogP contribution in [-0.4, -0.2) is 30.2 Å². The summed E-state index contributed by atoms with van der Waals surface area (Å²) in [4.78, 5) is 10.9. The van der Waals surface area contributed by atoms with Crippen molar-refractivity contribution in [2.45, 2.75) is 33.6 Å². The Morgan fingerprint density at radius 2 is 1.75 bits per heavy atom. The number of quaternary nitrogens is 1. The standard InChI is InChI=1S/C9H19NO2/c1-4-7-8-10(5-2,6-3)9(11)12/h4-8H2,1-3H3. The fourth-order valence-corrected chi connectivity index (χ4v) is 1.35. The first-order valence-electron chi connectivity index (χ1n) is 4.70. The van der Waals surface area contributed by atoms with Gasteiger partial charge in [0.15, 0.2) is 0 Å². The lowest BCUT2D eigenvalue weighted by Crippen LogP contribution is -2.58. The topological polar surface area (TPSA) is 40.1 Å². The Kier molecular flexibility index (Phi) is 4.90. The molecule has 0 radical (unpaired) electrons. The van der Waals surface area contributed by atoms with Gasteiger partial charge in [0.05, 0.1) is 19.6 Å². The van der Waals surface area contributed by atoms with Crippen LogP contribution in [-0.2, 0) is 0 Å². The van der Waals surface area contributed by atoms with Crippen molar-refractivity contribution >= 4 is 6.09 Å². The monoisotopic (exact) mass is 173 g/mol. The Bertz CT molecular complexity index is 141. The fourth-order valence-electron chi connectivity index (χ4n) is 1.35. The van der Waals surface area contributed by atoms with Gasteiger partial charge in [-0.25, -0.2) is 0 Å². The van der Waals surface area contributed by atoms with Crippen molar-refractivity contribution in [1.29, 1.82) is 0 Å². The lowest BCUT2D eigenvalue weighted by molar-refractivity contribution is -0.873. The van der Waals surface area contributed by atoms with E-state index in [1.807, 2.05) is 13.8 Å². The number of rotatable bonds is 5. The maximum atomic E-state index is 10.9. The molecule has 0 heterocycles. The van der Waals surface area contributed by atoms with Crippen LogP contribution in [0.5, 0.6) is 0 Å². The summed E-state index contributed by atoms with van der Waals surface area (Å²) >= 11 is 0. The molecule has 0 unspecified atom stereocenters. The van der Waals surface area contributed by atoms with Gasteiger partial charge in [0.1, 0.15) is 0 Å². The Hall–Kier alpha value is -0.570. The van der Waals surface area contributed by atoms with Crippen LogP contribution in [0.3, 0.4) is 0 Å². The maximum absolute atomic E-state index is 10.9. The number of nitrogens with zero attached hydrogens (tertiary/aromatic N) is 1. The summed E-state index contributed by atoms with van der Waals surface area (Å²) < 4.78 is 0.105. The first-order valence-corrected chi connectivity index (χ1v) is 4.70. The molecule has 0 aromatic carbocycles. The van der Waals surface area contributed by atoms with Crippen LogP contribution in [0.1, 0.15) is 33.6 Å². The van der Waals surface area contributed by atoms with Gasteiger partial charge >= 0.3 is 0 Å². The van der Waals surface area contributed by atoms with E-state index in [0.717, 1.165) is 12.8 Å². The van der Waals surface area contributed by atoms with E-state index in [9.17, 15) is 9.90 Å². The van der Waals surface area contributed by atoms with Crippen molar-refractivity contribution in [2.24, 2.45) is 0 Å². The van der Waals surface area contributed by atoms with Crippen molar-refractivity contribution in [3.05, 3.63) is 0 Å². The highest BCUT2D eigenvalue weighted by Crippen LogP contribution is 2.07. The van der Waals surface area contributed by atoms with Crippen molar-refractivity contribution in [2.75, 3.05) is 19.6 Å². The molecule has 0 saturated carbocycles. The van der Waals surface area contributed by atoms with Gasteiger partial charge in [0.25, 0.3) is 6.09 Å². The van der Waals surface area contributed by atoms with Gasteiger partial charge in [-0.15, -0.1) is 0 Å². The molecule has 0 bridgehead atoms. The molecule has 0 atom stereocenters. The highest BCUT2D eigenvalue weighted by molar-refractivity contribution is 5.53. The van der Waals surface area contributed by atoms with E-state index < -0.39 is 6.09 Å². The molecule has 1 amide bonds. The van der Waals surface area contributed by atoms with Crippen LogP contribution < -0.4 is 5.11 Å². The van der Waals surface area contributed by atoms with Crippen molar-refractivity contribution in [3.63, 3.8) is 0 Å². The smallest absolute Gasteiger partial charge is 0.257 e. The number of amides is 1. The minimum atomic E-state index is -0.937. The van der Waals surface area contributed by atoms with Crippen molar-refractivity contribution < 1.29 is 14.4 Å². The maximum Gasteiger partial charge on any atom is 0.257 e. The molecule has 3 nitrogen and oxygen atoms in total. The number of carbonyl (C=O) groups is 1. The third-order valence-corrected chi connectivity index (χ3v) is 2.54. The molecule has 0 aliphatic heterocycles. The number of unbranched alkanes of at least 4 members (excludes halogenated alkanes) is 1. The lowest BCUT2D eigenvalue weighted by atomic mass is 10.2.